The van der Waals surface area contributed by atoms with Gasteiger partial charge in [0.25, 0.3) is 11.8 Å². The minimum atomic E-state index is -0.940. The van der Waals surface area contributed by atoms with E-state index < -0.39 is 23.8 Å². The lowest BCUT2D eigenvalue weighted by molar-refractivity contribution is -0.136. The summed E-state index contributed by atoms with van der Waals surface area (Å²) in [5.41, 5.74) is 1.51. The number of carbonyl (C=O) groups is 4. The Hall–Kier alpha value is -2.62. The van der Waals surface area contributed by atoms with Gasteiger partial charge < -0.3 is 15.4 Å². The van der Waals surface area contributed by atoms with Crippen LogP contribution in [0.1, 0.15) is 45.5 Å². The molecular weight excluding hydrogens is 388 g/mol. The van der Waals surface area contributed by atoms with Crippen LogP contribution < -0.4 is 16.0 Å². The van der Waals surface area contributed by atoms with Gasteiger partial charge in [0.05, 0.1) is 23.8 Å². The van der Waals surface area contributed by atoms with E-state index in [1.807, 2.05) is 6.07 Å². The summed E-state index contributed by atoms with van der Waals surface area (Å²) in [4.78, 5) is 50.2. The predicted octanol–water partition coefficient (Wildman–Crippen LogP) is -0.446. The van der Waals surface area contributed by atoms with Crippen LogP contribution in [0, 0.1) is 5.92 Å². The van der Waals surface area contributed by atoms with Gasteiger partial charge in [0.15, 0.2) is 0 Å². The molecule has 0 bridgehead atoms. The first-order valence-corrected chi connectivity index (χ1v) is 10.4. The monoisotopic (exact) mass is 412 g/mol. The molecule has 3 atom stereocenters. The average Bonchev–Trinajstić information content (AvgIpc) is 3.23. The molecule has 0 radical (unpaired) electrons. The minimum absolute atomic E-state index is 0.111. The van der Waals surface area contributed by atoms with Crippen LogP contribution >= 0.6 is 0 Å². The highest BCUT2D eigenvalue weighted by atomic mass is 16.5. The van der Waals surface area contributed by atoms with E-state index in [0.717, 1.165) is 30.0 Å². The number of rotatable bonds is 5. The Bertz CT molecular complexity index is 928. The van der Waals surface area contributed by atoms with E-state index in [1.165, 1.54) is 0 Å². The highest BCUT2D eigenvalue weighted by Gasteiger charge is 2.44. The van der Waals surface area contributed by atoms with E-state index in [4.69, 9.17) is 4.74 Å². The third kappa shape index (κ3) is 3.32. The molecule has 3 saturated heterocycles. The van der Waals surface area contributed by atoms with Crippen molar-refractivity contribution in [3.63, 3.8) is 0 Å². The lowest BCUT2D eigenvalue weighted by Gasteiger charge is -2.31. The Balaban J connectivity index is 1.24. The third-order valence-corrected chi connectivity index (χ3v) is 6.47. The SMILES string of the molecule is O=C1CCC(N2C(=O)c3ccc(CNC4COC(C5CNC5)C4)cc3C2=O)C(=O)N1. The molecule has 1 aromatic carbocycles. The van der Waals surface area contributed by atoms with Gasteiger partial charge in [-0.3, -0.25) is 29.4 Å². The van der Waals surface area contributed by atoms with Crippen molar-refractivity contribution in [2.24, 2.45) is 5.92 Å². The van der Waals surface area contributed by atoms with E-state index in [2.05, 4.69) is 16.0 Å². The molecule has 0 spiro atoms. The number of imide groups is 2. The normalized spacial score (nSPS) is 29.2. The fraction of sp³-hybridized carbons (Fsp3) is 0.524. The minimum Gasteiger partial charge on any atom is -0.376 e. The molecule has 3 fully saturated rings. The van der Waals surface area contributed by atoms with E-state index in [1.54, 1.807) is 12.1 Å². The molecule has 4 aliphatic heterocycles. The zero-order valence-electron chi connectivity index (χ0n) is 16.5. The van der Waals surface area contributed by atoms with E-state index in [9.17, 15) is 19.2 Å². The van der Waals surface area contributed by atoms with Crippen LogP contribution in [0.2, 0.25) is 0 Å². The van der Waals surface area contributed by atoms with Crippen LogP contribution in [0.5, 0.6) is 0 Å². The smallest absolute Gasteiger partial charge is 0.262 e. The maximum Gasteiger partial charge on any atom is 0.262 e. The number of amides is 4. The summed E-state index contributed by atoms with van der Waals surface area (Å²) in [6.07, 6.45) is 1.53. The van der Waals surface area contributed by atoms with Crippen LogP contribution in [0.4, 0.5) is 0 Å². The molecule has 4 aliphatic rings. The summed E-state index contributed by atoms with van der Waals surface area (Å²) in [5.74, 6) is -1.34. The third-order valence-electron chi connectivity index (χ3n) is 6.47. The topological polar surface area (TPSA) is 117 Å². The molecule has 0 saturated carbocycles. The Morgan fingerprint density at radius 1 is 1.10 bits per heavy atom. The van der Waals surface area contributed by atoms with Gasteiger partial charge in [0, 0.05) is 38.0 Å². The van der Waals surface area contributed by atoms with Gasteiger partial charge in [-0.1, -0.05) is 6.07 Å². The van der Waals surface area contributed by atoms with Gasteiger partial charge in [-0.05, 0) is 30.5 Å². The number of piperidine rings is 1. The second-order valence-corrected chi connectivity index (χ2v) is 8.43. The van der Waals surface area contributed by atoms with Crippen molar-refractivity contribution in [3.05, 3.63) is 34.9 Å². The predicted molar refractivity (Wildman–Crippen MR) is 104 cm³/mol. The second kappa shape index (κ2) is 7.57. The van der Waals surface area contributed by atoms with Crippen LogP contribution in [0.3, 0.4) is 0 Å². The van der Waals surface area contributed by atoms with Crippen LogP contribution in [-0.4, -0.2) is 66.4 Å². The second-order valence-electron chi connectivity index (χ2n) is 8.43. The number of fused-ring (bicyclic) bond motifs is 1. The van der Waals surface area contributed by atoms with Crippen molar-refractivity contribution in [3.8, 4) is 0 Å². The largest absolute Gasteiger partial charge is 0.376 e. The van der Waals surface area contributed by atoms with Gasteiger partial charge in [-0.15, -0.1) is 0 Å². The summed E-state index contributed by atoms with van der Waals surface area (Å²) < 4.78 is 5.89. The summed E-state index contributed by atoms with van der Waals surface area (Å²) in [5, 5.41) is 8.95. The number of hydrogen-bond donors (Lipinski definition) is 3. The molecule has 4 heterocycles. The average molecular weight is 412 g/mol. The zero-order chi connectivity index (χ0) is 20.8. The van der Waals surface area contributed by atoms with Crippen molar-refractivity contribution in [2.45, 2.75) is 44.0 Å². The molecule has 30 heavy (non-hydrogen) atoms. The van der Waals surface area contributed by atoms with Crippen molar-refractivity contribution in [2.75, 3.05) is 19.7 Å². The molecule has 158 valence electrons. The van der Waals surface area contributed by atoms with E-state index in [0.29, 0.717) is 36.3 Å². The molecule has 3 unspecified atom stereocenters. The van der Waals surface area contributed by atoms with Gasteiger partial charge >= 0.3 is 0 Å². The standard InChI is InChI=1S/C21H24N4O5/c26-18-4-3-16(19(27)24-18)25-20(28)14-2-1-11(5-15(14)21(25)29)7-23-13-6-17(30-10-13)12-8-22-9-12/h1-2,5,12-13,16-17,22-23H,3-4,6-10H2,(H,24,26,27). The van der Waals surface area contributed by atoms with E-state index >= 15 is 0 Å². The molecule has 5 rings (SSSR count). The molecule has 3 N–H and O–H groups in total. The first-order valence-electron chi connectivity index (χ1n) is 10.4. The number of carbonyl (C=O) groups excluding carboxylic acids is 4. The zero-order valence-corrected chi connectivity index (χ0v) is 16.5. The highest BCUT2D eigenvalue weighted by molar-refractivity contribution is 6.23. The van der Waals surface area contributed by atoms with E-state index in [-0.39, 0.29) is 24.8 Å². The molecule has 0 aromatic heterocycles. The van der Waals surface area contributed by atoms with Crippen molar-refractivity contribution in [1.82, 2.24) is 20.9 Å². The fourth-order valence-electron chi connectivity index (χ4n) is 4.59. The van der Waals surface area contributed by atoms with Gasteiger partial charge in [0.2, 0.25) is 11.8 Å². The fourth-order valence-corrected chi connectivity index (χ4v) is 4.59. The number of nitrogens with zero attached hydrogens (tertiary/aromatic N) is 1. The lowest BCUT2D eigenvalue weighted by Crippen LogP contribution is -2.54. The quantitative estimate of drug-likeness (QED) is 0.561. The maximum absolute atomic E-state index is 12.9. The first kappa shape index (κ1) is 19.3. The molecule has 9 heteroatoms. The Labute approximate surface area is 173 Å². The summed E-state index contributed by atoms with van der Waals surface area (Å²) in [7, 11) is 0. The number of hydrogen-bond acceptors (Lipinski definition) is 7. The number of nitrogens with one attached hydrogen (secondary N) is 3. The van der Waals surface area contributed by atoms with Crippen LogP contribution in [-0.2, 0) is 20.9 Å². The Morgan fingerprint density at radius 2 is 1.90 bits per heavy atom. The van der Waals surface area contributed by atoms with Gasteiger partial charge in [-0.25, -0.2) is 0 Å². The highest BCUT2D eigenvalue weighted by Crippen LogP contribution is 2.29. The first-order chi connectivity index (χ1) is 14.5. The number of ether oxygens (including phenoxy) is 1. The van der Waals surface area contributed by atoms with Crippen LogP contribution in [0.25, 0.3) is 0 Å². The van der Waals surface area contributed by atoms with Crippen LogP contribution in [0.15, 0.2) is 18.2 Å². The van der Waals surface area contributed by atoms with Crippen molar-refractivity contribution < 1.29 is 23.9 Å². The maximum atomic E-state index is 12.9. The molecule has 9 nitrogen and oxygen atoms in total. The lowest BCUT2D eigenvalue weighted by atomic mass is 9.93. The van der Waals surface area contributed by atoms with Gasteiger partial charge in [-0.2, -0.15) is 0 Å². The summed E-state index contributed by atoms with van der Waals surface area (Å²) in [6, 6.07) is 4.52. The Morgan fingerprint density at radius 3 is 2.63 bits per heavy atom. The molecule has 4 amide bonds. The Kier molecular flexibility index (Phi) is 4.88. The number of benzene rings is 1. The summed E-state index contributed by atoms with van der Waals surface area (Å²) in [6.45, 7) is 3.27. The summed E-state index contributed by atoms with van der Waals surface area (Å²) >= 11 is 0. The molecule has 1 aromatic rings. The van der Waals surface area contributed by atoms with Crippen molar-refractivity contribution in [1.29, 1.82) is 0 Å². The van der Waals surface area contributed by atoms with Crippen molar-refractivity contribution >= 4 is 23.6 Å². The molecule has 0 aliphatic carbocycles. The molecular formula is C21H24N4O5. The van der Waals surface area contributed by atoms with Gasteiger partial charge in [0.1, 0.15) is 6.04 Å².